The molecule has 6 nitrogen and oxygen atoms in total. The van der Waals surface area contributed by atoms with Gasteiger partial charge in [-0.1, -0.05) is 0 Å². The second-order valence-electron chi connectivity index (χ2n) is 5.78. The van der Waals surface area contributed by atoms with E-state index < -0.39 is 18.2 Å². The fourth-order valence-electron chi connectivity index (χ4n) is 2.66. The van der Waals surface area contributed by atoms with Crippen LogP contribution in [0.4, 0.5) is 14.7 Å². The van der Waals surface area contributed by atoms with Crippen molar-refractivity contribution in [2.45, 2.75) is 25.7 Å². The van der Waals surface area contributed by atoms with E-state index in [0.717, 1.165) is 0 Å². The Kier molecular flexibility index (Phi) is 5.06. The number of halogens is 2. The number of carboxylic acids is 1. The topological polar surface area (TPSA) is 75.5 Å². The lowest BCUT2D eigenvalue weighted by Gasteiger charge is -2.33. The van der Waals surface area contributed by atoms with Crippen LogP contribution in [0.2, 0.25) is 0 Å². The van der Waals surface area contributed by atoms with Crippen molar-refractivity contribution in [3.63, 3.8) is 0 Å². The molecule has 0 saturated carbocycles. The van der Waals surface area contributed by atoms with Crippen LogP contribution in [0.25, 0.3) is 0 Å². The highest BCUT2D eigenvalue weighted by atomic mass is 19.1. The van der Waals surface area contributed by atoms with E-state index >= 15 is 0 Å². The summed E-state index contributed by atoms with van der Waals surface area (Å²) >= 11 is 0. The predicted octanol–water partition coefficient (Wildman–Crippen LogP) is 2.79. The van der Waals surface area contributed by atoms with Gasteiger partial charge in [0.1, 0.15) is 18.2 Å². The molecule has 1 N–H and O–H groups in total. The van der Waals surface area contributed by atoms with E-state index in [9.17, 15) is 13.6 Å². The SMILES string of the molecule is O=C(O)C1CCN(c2nccc(COc3ccc(F)cc3)n2)C(F)C1. The lowest BCUT2D eigenvalue weighted by atomic mass is 9.96. The fourth-order valence-corrected chi connectivity index (χ4v) is 2.66. The van der Waals surface area contributed by atoms with Gasteiger partial charge in [0, 0.05) is 19.2 Å². The molecule has 2 atom stereocenters. The summed E-state index contributed by atoms with van der Waals surface area (Å²) in [5.41, 5.74) is 0.543. The predicted molar refractivity (Wildman–Crippen MR) is 85.4 cm³/mol. The highest BCUT2D eigenvalue weighted by Crippen LogP contribution is 2.27. The lowest BCUT2D eigenvalue weighted by molar-refractivity contribution is -0.143. The van der Waals surface area contributed by atoms with Crippen molar-refractivity contribution in [3.8, 4) is 5.75 Å². The van der Waals surface area contributed by atoms with Gasteiger partial charge in [0.2, 0.25) is 5.95 Å². The van der Waals surface area contributed by atoms with E-state index in [4.69, 9.17) is 9.84 Å². The van der Waals surface area contributed by atoms with Crippen molar-refractivity contribution >= 4 is 11.9 Å². The van der Waals surface area contributed by atoms with Gasteiger partial charge in [-0.3, -0.25) is 4.79 Å². The molecule has 0 bridgehead atoms. The van der Waals surface area contributed by atoms with E-state index in [0.29, 0.717) is 17.9 Å². The smallest absolute Gasteiger partial charge is 0.306 e. The minimum atomic E-state index is -1.44. The average Bonchev–Trinajstić information content (AvgIpc) is 2.61. The second kappa shape index (κ2) is 7.42. The molecule has 0 amide bonds. The molecule has 1 fully saturated rings. The van der Waals surface area contributed by atoms with Crippen molar-refractivity contribution in [2.24, 2.45) is 5.92 Å². The largest absolute Gasteiger partial charge is 0.487 e. The number of carboxylic acid groups (broad SMARTS) is 1. The Balaban J connectivity index is 1.65. The molecular weight excluding hydrogens is 332 g/mol. The van der Waals surface area contributed by atoms with Gasteiger partial charge < -0.3 is 14.7 Å². The van der Waals surface area contributed by atoms with Gasteiger partial charge in [0.05, 0.1) is 11.6 Å². The molecule has 8 heteroatoms. The van der Waals surface area contributed by atoms with Gasteiger partial charge in [0.15, 0.2) is 6.30 Å². The number of ether oxygens (including phenoxy) is 1. The quantitative estimate of drug-likeness (QED) is 0.837. The van der Waals surface area contributed by atoms with Gasteiger partial charge in [-0.05, 0) is 36.8 Å². The summed E-state index contributed by atoms with van der Waals surface area (Å²) in [6, 6.07) is 7.24. The third-order valence-corrected chi connectivity index (χ3v) is 4.04. The lowest BCUT2D eigenvalue weighted by Crippen LogP contribution is -2.43. The number of rotatable bonds is 5. The molecule has 1 aliphatic rings. The molecule has 1 aromatic heterocycles. The van der Waals surface area contributed by atoms with Crippen LogP contribution in [-0.2, 0) is 11.4 Å². The van der Waals surface area contributed by atoms with Crippen molar-refractivity contribution in [1.29, 1.82) is 0 Å². The Labute approximate surface area is 143 Å². The zero-order chi connectivity index (χ0) is 17.8. The number of alkyl halides is 1. The summed E-state index contributed by atoms with van der Waals surface area (Å²) in [6.45, 7) is 0.365. The first-order valence-corrected chi connectivity index (χ1v) is 7.87. The van der Waals surface area contributed by atoms with E-state index in [1.807, 2.05) is 0 Å². The molecule has 1 aromatic carbocycles. The van der Waals surface area contributed by atoms with E-state index in [-0.39, 0.29) is 31.3 Å². The Morgan fingerprint density at radius 3 is 2.76 bits per heavy atom. The second-order valence-corrected chi connectivity index (χ2v) is 5.78. The zero-order valence-corrected chi connectivity index (χ0v) is 13.3. The summed E-state index contributed by atoms with van der Waals surface area (Å²) in [5, 5.41) is 9.00. The molecule has 1 aliphatic heterocycles. The van der Waals surface area contributed by atoms with Gasteiger partial charge >= 0.3 is 5.97 Å². The first-order chi connectivity index (χ1) is 12.0. The summed E-state index contributed by atoms with van der Waals surface area (Å²) in [7, 11) is 0. The molecule has 0 radical (unpaired) electrons. The number of anilines is 1. The van der Waals surface area contributed by atoms with Gasteiger partial charge in [-0.25, -0.2) is 18.7 Å². The normalized spacial score (nSPS) is 20.3. The van der Waals surface area contributed by atoms with Gasteiger partial charge in [-0.2, -0.15) is 0 Å². The van der Waals surface area contributed by atoms with Crippen molar-refractivity contribution < 1.29 is 23.4 Å². The molecule has 0 spiro atoms. The summed E-state index contributed by atoms with van der Waals surface area (Å²) in [5.74, 6) is -1.32. The van der Waals surface area contributed by atoms with E-state index in [1.165, 1.54) is 35.4 Å². The molecule has 2 heterocycles. The number of aliphatic carboxylic acids is 1. The molecule has 2 unspecified atom stereocenters. The van der Waals surface area contributed by atoms with Crippen LogP contribution in [0.3, 0.4) is 0 Å². The standard InChI is InChI=1S/C17H17F2N3O3/c18-12-1-3-14(4-2-12)25-10-13-5-7-20-17(21-13)22-8-6-11(16(23)24)9-15(22)19/h1-5,7,11,15H,6,8-10H2,(H,23,24). The first kappa shape index (κ1) is 17.1. The number of benzene rings is 1. The Morgan fingerprint density at radius 1 is 1.32 bits per heavy atom. The highest BCUT2D eigenvalue weighted by Gasteiger charge is 2.33. The molecular formula is C17H17F2N3O3. The maximum absolute atomic E-state index is 14.3. The first-order valence-electron chi connectivity index (χ1n) is 7.87. The van der Waals surface area contributed by atoms with Crippen LogP contribution in [-0.4, -0.2) is 33.9 Å². The number of nitrogens with zero attached hydrogens (tertiary/aromatic N) is 3. The number of aromatic nitrogens is 2. The molecule has 132 valence electrons. The molecule has 2 aromatic rings. The zero-order valence-electron chi connectivity index (χ0n) is 13.3. The van der Waals surface area contributed by atoms with E-state index in [2.05, 4.69) is 9.97 Å². The molecule has 25 heavy (non-hydrogen) atoms. The third-order valence-electron chi connectivity index (χ3n) is 4.04. The van der Waals surface area contributed by atoms with Crippen LogP contribution in [0.5, 0.6) is 5.75 Å². The minimum absolute atomic E-state index is 0.0883. The van der Waals surface area contributed by atoms with Crippen LogP contribution >= 0.6 is 0 Å². The van der Waals surface area contributed by atoms with Crippen molar-refractivity contribution in [2.75, 3.05) is 11.4 Å². The fraction of sp³-hybridized carbons (Fsp3) is 0.353. The minimum Gasteiger partial charge on any atom is -0.487 e. The van der Waals surface area contributed by atoms with Crippen molar-refractivity contribution in [3.05, 3.63) is 48.0 Å². The maximum Gasteiger partial charge on any atom is 0.306 e. The third kappa shape index (κ3) is 4.20. The monoisotopic (exact) mass is 349 g/mol. The van der Waals surface area contributed by atoms with Crippen LogP contribution < -0.4 is 9.64 Å². The maximum atomic E-state index is 14.3. The Hall–Kier alpha value is -2.77. The molecule has 1 saturated heterocycles. The van der Waals surface area contributed by atoms with Crippen LogP contribution in [0, 0.1) is 11.7 Å². The highest BCUT2D eigenvalue weighted by molar-refractivity contribution is 5.70. The average molecular weight is 349 g/mol. The number of hydrogen-bond donors (Lipinski definition) is 1. The van der Waals surface area contributed by atoms with Gasteiger partial charge in [0.25, 0.3) is 0 Å². The summed E-state index contributed by atoms with van der Waals surface area (Å²) in [4.78, 5) is 20.7. The Morgan fingerprint density at radius 2 is 2.08 bits per heavy atom. The molecule has 0 aliphatic carbocycles. The van der Waals surface area contributed by atoms with Crippen LogP contribution in [0.1, 0.15) is 18.5 Å². The molecule has 3 rings (SSSR count). The summed E-state index contributed by atoms with van der Waals surface area (Å²) in [6.07, 6.45) is 0.315. The Bertz CT molecular complexity index is 742. The number of carbonyl (C=O) groups is 1. The van der Waals surface area contributed by atoms with E-state index in [1.54, 1.807) is 6.07 Å². The van der Waals surface area contributed by atoms with Crippen LogP contribution in [0.15, 0.2) is 36.5 Å². The van der Waals surface area contributed by atoms with Gasteiger partial charge in [-0.15, -0.1) is 0 Å². The summed E-state index contributed by atoms with van der Waals surface area (Å²) < 4.78 is 32.7. The number of hydrogen-bond acceptors (Lipinski definition) is 5. The number of piperidine rings is 1. The van der Waals surface area contributed by atoms with Crippen molar-refractivity contribution in [1.82, 2.24) is 9.97 Å².